The highest BCUT2D eigenvalue weighted by Crippen LogP contribution is 2.28. The van der Waals surface area contributed by atoms with Gasteiger partial charge in [0.25, 0.3) is 5.69 Å². The van der Waals surface area contributed by atoms with Gasteiger partial charge in [-0.15, -0.1) is 0 Å². The molecular weight excluding hydrogens is 268 g/mol. The first-order valence-electron chi connectivity index (χ1n) is 5.22. The maximum atomic E-state index is 10.6. The molecule has 0 aromatic heterocycles. The van der Waals surface area contributed by atoms with Crippen molar-refractivity contribution in [3.8, 4) is 17.6 Å². The van der Waals surface area contributed by atoms with Crippen molar-refractivity contribution in [3.05, 3.63) is 63.2 Å². The van der Waals surface area contributed by atoms with E-state index in [0.29, 0.717) is 10.8 Å². The van der Waals surface area contributed by atoms with E-state index in [1.54, 1.807) is 24.3 Å². The first kappa shape index (κ1) is 12.9. The minimum Gasteiger partial charge on any atom is -0.456 e. The summed E-state index contributed by atoms with van der Waals surface area (Å²) in [6, 6.07) is 12.3. The lowest BCUT2D eigenvalue weighted by Crippen LogP contribution is -1.92. The van der Waals surface area contributed by atoms with E-state index in [1.807, 2.05) is 6.07 Å². The van der Waals surface area contributed by atoms with Crippen LogP contribution < -0.4 is 4.74 Å². The molecule has 94 valence electrons. The van der Waals surface area contributed by atoms with Crippen LogP contribution in [0.3, 0.4) is 0 Å². The third-order valence-electron chi connectivity index (χ3n) is 2.34. The number of hydrogen-bond donors (Lipinski definition) is 0. The molecule has 0 amide bonds. The summed E-state index contributed by atoms with van der Waals surface area (Å²) in [7, 11) is 0. The molecule has 0 aliphatic rings. The van der Waals surface area contributed by atoms with Crippen LogP contribution in [0.15, 0.2) is 42.5 Å². The third-order valence-corrected chi connectivity index (χ3v) is 2.59. The number of nitriles is 1. The number of ether oxygens (including phenoxy) is 1. The number of rotatable bonds is 3. The Kier molecular flexibility index (Phi) is 3.64. The summed E-state index contributed by atoms with van der Waals surface area (Å²) in [5.74, 6) is 0.755. The number of hydrogen-bond acceptors (Lipinski definition) is 4. The first-order chi connectivity index (χ1) is 9.10. The van der Waals surface area contributed by atoms with Gasteiger partial charge in [0.05, 0.1) is 4.92 Å². The molecule has 6 heteroatoms. The summed E-state index contributed by atoms with van der Waals surface area (Å²) < 4.78 is 5.49. The quantitative estimate of drug-likeness (QED) is 0.628. The Morgan fingerprint density at radius 1 is 1.21 bits per heavy atom. The van der Waals surface area contributed by atoms with E-state index >= 15 is 0 Å². The van der Waals surface area contributed by atoms with Gasteiger partial charge in [-0.05, 0) is 30.3 Å². The Balaban J connectivity index is 2.33. The minimum atomic E-state index is -0.563. The number of halogens is 1. The zero-order valence-corrected chi connectivity index (χ0v) is 10.3. The van der Waals surface area contributed by atoms with Gasteiger partial charge in [0.2, 0.25) is 0 Å². The van der Waals surface area contributed by atoms with Crippen LogP contribution in [0.1, 0.15) is 5.56 Å². The lowest BCUT2D eigenvalue weighted by atomic mass is 10.2. The van der Waals surface area contributed by atoms with Crippen molar-refractivity contribution in [1.29, 1.82) is 5.26 Å². The maximum absolute atomic E-state index is 10.6. The monoisotopic (exact) mass is 274 g/mol. The van der Waals surface area contributed by atoms with E-state index in [1.165, 1.54) is 18.2 Å². The molecular formula is C13H7ClN2O3. The number of benzene rings is 2. The summed E-state index contributed by atoms with van der Waals surface area (Å²) in [5.41, 5.74) is -0.0517. The molecule has 2 aromatic carbocycles. The van der Waals surface area contributed by atoms with Crippen LogP contribution in [-0.4, -0.2) is 4.92 Å². The summed E-state index contributed by atoms with van der Waals surface area (Å²) >= 11 is 5.75. The van der Waals surface area contributed by atoms with Crippen molar-refractivity contribution in [2.45, 2.75) is 0 Å². The Hall–Kier alpha value is -2.58. The average Bonchev–Trinajstić information content (AvgIpc) is 2.41. The predicted molar refractivity (Wildman–Crippen MR) is 69.3 cm³/mol. The second-order valence-electron chi connectivity index (χ2n) is 3.61. The average molecular weight is 275 g/mol. The highest BCUT2D eigenvalue weighted by molar-refractivity contribution is 6.30. The normalized spacial score (nSPS) is 9.68. The number of nitro benzene ring substituents is 1. The lowest BCUT2D eigenvalue weighted by Gasteiger charge is -2.07. The molecule has 2 aromatic rings. The van der Waals surface area contributed by atoms with Crippen molar-refractivity contribution in [2.75, 3.05) is 0 Å². The number of nitro groups is 1. The van der Waals surface area contributed by atoms with Crippen molar-refractivity contribution in [2.24, 2.45) is 0 Å². The second kappa shape index (κ2) is 5.38. The number of nitrogens with zero attached hydrogens (tertiary/aromatic N) is 2. The van der Waals surface area contributed by atoms with Gasteiger partial charge < -0.3 is 4.74 Å². The zero-order valence-electron chi connectivity index (χ0n) is 9.54. The van der Waals surface area contributed by atoms with Crippen LogP contribution in [0.2, 0.25) is 5.02 Å². The van der Waals surface area contributed by atoms with Crippen molar-refractivity contribution in [1.82, 2.24) is 0 Å². The van der Waals surface area contributed by atoms with Gasteiger partial charge in [-0.1, -0.05) is 11.6 Å². The first-order valence-corrected chi connectivity index (χ1v) is 5.60. The molecule has 0 fully saturated rings. The summed E-state index contributed by atoms with van der Waals surface area (Å²) in [4.78, 5) is 10.1. The van der Waals surface area contributed by atoms with Gasteiger partial charge >= 0.3 is 0 Å². The van der Waals surface area contributed by atoms with Crippen molar-refractivity contribution in [3.63, 3.8) is 0 Å². The molecule has 2 rings (SSSR count). The molecule has 0 atom stereocenters. The maximum Gasteiger partial charge on any atom is 0.271 e. The van der Waals surface area contributed by atoms with E-state index in [-0.39, 0.29) is 17.0 Å². The Morgan fingerprint density at radius 2 is 1.89 bits per heavy atom. The lowest BCUT2D eigenvalue weighted by molar-refractivity contribution is -0.384. The zero-order chi connectivity index (χ0) is 13.8. The van der Waals surface area contributed by atoms with Gasteiger partial charge in [0.15, 0.2) is 0 Å². The van der Waals surface area contributed by atoms with Gasteiger partial charge in [-0.25, -0.2) is 0 Å². The molecule has 0 radical (unpaired) electrons. The van der Waals surface area contributed by atoms with Crippen LogP contribution in [0.25, 0.3) is 0 Å². The fourth-order valence-corrected chi connectivity index (χ4v) is 1.56. The van der Waals surface area contributed by atoms with Crippen LogP contribution in [-0.2, 0) is 0 Å². The molecule has 0 N–H and O–H groups in total. The molecule has 0 bridgehead atoms. The van der Waals surface area contributed by atoms with Crippen LogP contribution >= 0.6 is 11.6 Å². The smallest absolute Gasteiger partial charge is 0.271 e. The summed E-state index contributed by atoms with van der Waals surface area (Å²) in [6.45, 7) is 0. The topological polar surface area (TPSA) is 76.2 Å². The Bertz CT molecular complexity index is 663. The van der Waals surface area contributed by atoms with E-state index in [4.69, 9.17) is 21.6 Å². The highest BCUT2D eigenvalue weighted by atomic mass is 35.5. The van der Waals surface area contributed by atoms with E-state index in [0.717, 1.165) is 0 Å². The predicted octanol–water partition coefficient (Wildman–Crippen LogP) is 3.91. The number of non-ortho nitro benzene ring substituents is 1. The van der Waals surface area contributed by atoms with Gasteiger partial charge in [-0.2, -0.15) is 5.26 Å². The van der Waals surface area contributed by atoms with E-state index < -0.39 is 4.92 Å². The highest BCUT2D eigenvalue weighted by Gasteiger charge is 2.12. The second-order valence-corrected chi connectivity index (χ2v) is 4.04. The van der Waals surface area contributed by atoms with E-state index in [2.05, 4.69) is 0 Å². The van der Waals surface area contributed by atoms with Gasteiger partial charge in [-0.3, -0.25) is 10.1 Å². The summed E-state index contributed by atoms with van der Waals surface area (Å²) in [5, 5.41) is 20.2. The largest absolute Gasteiger partial charge is 0.456 e. The van der Waals surface area contributed by atoms with Gasteiger partial charge in [0, 0.05) is 17.2 Å². The summed E-state index contributed by atoms with van der Waals surface area (Å²) in [6.07, 6.45) is 0. The minimum absolute atomic E-state index is 0.101. The SMILES string of the molecule is N#Cc1cc([N+](=O)[O-])ccc1Oc1ccc(Cl)cc1. The van der Waals surface area contributed by atoms with Crippen molar-refractivity contribution >= 4 is 17.3 Å². The molecule has 0 unspecified atom stereocenters. The molecule has 0 saturated heterocycles. The molecule has 0 aliphatic carbocycles. The van der Waals surface area contributed by atoms with Crippen LogP contribution in [0.4, 0.5) is 5.69 Å². The Morgan fingerprint density at radius 3 is 2.47 bits per heavy atom. The third kappa shape index (κ3) is 3.00. The molecule has 0 heterocycles. The fraction of sp³-hybridized carbons (Fsp3) is 0. The van der Waals surface area contributed by atoms with Crippen LogP contribution in [0.5, 0.6) is 11.5 Å². The van der Waals surface area contributed by atoms with E-state index in [9.17, 15) is 10.1 Å². The Labute approximate surface area is 113 Å². The van der Waals surface area contributed by atoms with Crippen LogP contribution in [0, 0.1) is 21.4 Å². The standard InChI is InChI=1S/C13H7ClN2O3/c14-10-1-4-12(5-2-10)19-13-6-3-11(16(17)18)7-9(13)8-15/h1-7H. The van der Waals surface area contributed by atoms with Gasteiger partial charge in [0.1, 0.15) is 23.1 Å². The molecule has 0 saturated carbocycles. The molecule has 5 nitrogen and oxygen atoms in total. The molecule has 0 aliphatic heterocycles. The fourth-order valence-electron chi connectivity index (χ4n) is 1.44. The molecule has 0 spiro atoms. The molecule has 19 heavy (non-hydrogen) atoms. The van der Waals surface area contributed by atoms with Crippen molar-refractivity contribution < 1.29 is 9.66 Å².